The van der Waals surface area contributed by atoms with Crippen molar-refractivity contribution < 1.29 is 17.9 Å². The van der Waals surface area contributed by atoms with Crippen molar-refractivity contribution in [1.82, 2.24) is 4.31 Å². The minimum Gasteiger partial charge on any atom is -0.379 e. The Morgan fingerprint density at radius 3 is 2.54 bits per heavy atom. The number of anilines is 1. The number of sulfonamides is 1. The van der Waals surface area contributed by atoms with Gasteiger partial charge in [0.25, 0.3) is 5.91 Å². The average Bonchev–Trinajstić information content (AvgIpc) is 2.64. The van der Waals surface area contributed by atoms with E-state index in [-0.39, 0.29) is 23.5 Å². The van der Waals surface area contributed by atoms with Gasteiger partial charge in [-0.15, -0.1) is 0 Å². The summed E-state index contributed by atoms with van der Waals surface area (Å²) in [6.07, 6.45) is 0. The molecule has 0 aromatic heterocycles. The van der Waals surface area contributed by atoms with E-state index in [9.17, 15) is 13.2 Å². The topological polar surface area (TPSA) is 75.7 Å². The van der Waals surface area contributed by atoms with Gasteiger partial charge in [0, 0.05) is 23.2 Å². The number of morpholine rings is 1. The summed E-state index contributed by atoms with van der Waals surface area (Å²) in [7, 11) is -3.76. The smallest absolute Gasteiger partial charge is 0.257 e. The first-order valence-corrected chi connectivity index (χ1v) is 10.4. The van der Waals surface area contributed by atoms with Crippen LogP contribution in [0.5, 0.6) is 0 Å². The fourth-order valence-corrected chi connectivity index (χ4v) is 4.83. The molecule has 1 fully saturated rings. The van der Waals surface area contributed by atoms with E-state index in [1.165, 1.54) is 16.4 Å². The van der Waals surface area contributed by atoms with Crippen molar-refractivity contribution in [2.45, 2.75) is 11.8 Å². The first kappa shape index (κ1) is 19.0. The number of carbonyl (C=O) groups excluding carboxylic acids is 1. The van der Waals surface area contributed by atoms with Crippen LogP contribution in [-0.4, -0.2) is 44.9 Å². The van der Waals surface area contributed by atoms with Crippen molar-refractivity contribution in [1.29, 1.82) is 0 Å². The van der Waals surface area contributed by atoms with Crippen molar-refractivity contribution in [2.24, 2.45) is 0 Å². The molecule has 3 rings (SSSR count). The zero-order valence-electron chi connectivity index (χ0n) is 14.2. The summed E-state index contributed by atoms with van der Waals surface area (Å²) in [6, 6.07) is 11.7. The highest BCUT2D eigenvalue weighted by atomic mass is 79.9. The molecule has 1 N–H and O–H groups in total. The number of ether oxygens (including phenoxy) is 1. The summed E-state index contributed by atoms with van der Waals surface area (Å²) in [5, 5.41) is 2.80. The molecule has 1 saturated heterocycles. The zero-order chi connectivity index (χ0) is 18.7. The van der Waals surface area contributed by atoms with Gasteiger partial charge in [0.1, 0.15) is 0 Å². The zero-order valence-corrected chi connectivity index (χ0v) is 16.6. The van der Waals surface area contributed by atoms with Crippen LogP contribution in [0.4, 0.5) is 5.69 Å². The molecule has 6 nitrogen and oxygen atoms in total. The van der Waals surface area contributed by atoms with Crippen LogP contribution >= 0.6 is 15.9 Å². The number of hydrogen-bond acceptors (Lipinski definition) is 4. The normalized spacial score (nSPS) is 15.6. The van der Waals surface area contributed by atoms with Gasteiger partial charge >= 0.3 is 0 Å². The number of aryl methyl sites for hydroxylation is 1. The highest BCUT2D eigenvalue weighted by Gasteiger charge is 2.30. The van der Waals surface area contributed by atoms with Crippen molar-refractivity contribution in [3.05, 3.63) is 58.1 Å². The van der Waals surface area contributed by atoms with Crippen molar-refractivity contribution in [3.63, 3.8) is 0 Å². The highest BCUT2D eigenvalue weighted by molar-refractivity contribution is 9.10. The number of benzene rings is 2. The monoisotopic (exact) mass is 438 g/mol. The van der Waals surface area contributed by atoms with Crippen LogP contribution in [0.1, 0.15) is 15.9 Å². The van der Waals surface area contributed by atoms with E-state index in [0.717, 1.165) is 10.0 Å². The fraction of sp³-hybridized carbons (Fsp3) is 0.278. The first-order chi connectivity index (χ1) is 12.4. The molecule has 0 aliphatic carbocycles. The molecular weight excluding hydrogens is 420 g/mol. The number of halogens is 1. The Kier molecular flexibility index (Phi) is 5.76. The summed E-state index contributed by atoms with van der Waals surface area (Å²) in [6.45, 7) is 3.14. The van der Waals surface area contributed by atoms with Gasteiger partial charge in [-0.05, 0) is 42.8 Å². The van der Waals surface area contributed by atoms with Gasteiger partial charge in [-0.2, -0.15) is 4.31 Å². The Morgan fingerprint density at radius 1 is 1.15 bits per heavy atom. The summed E-state index contributed by atoms with van der Waals surface area (Å²) in [5.41, 5.74) is 1.64. The second kappa shape index (κ2) is 7.87. The Bertz CT molecular complexity index is 925. The molecular formula is C18H19BrN2O4S. The molecule has 0 unspecified atom stereocenters. The number of nitrogens with one attached hydrogen (secondary N) is 1. The van der Waals surface area contributed by atoms with Gasteiger partial charge < -0.3 is 10.1 Å². The van der Waals surface area contributed by atoms with Gasteiger partial charge in [-0.1, -0.05) is 28.1 Å². The van der Waals surface area contributed by atoms with E-state index < -0.39 is 15.9 Å². The number of rotatable bonds is 4. The van der Waals surface area contributed by atoms with Gasteiger partial charge in [0.05, 0.1) is 23.7 Å². The molecule has 8 heteroatoms. The number of hydrogen-bond donors (Lipinski definition) is 1. The molecule has 1 aliphatic rings. The Labute approximate surface area is 161 Å². The van der Waals surface area contributed by atoms with Crippen LogP contribution in [0.15, 0.2) is 51.8 Å². The second-order valence-corrected chi connectivity index (χ2v) is 8.75. The van der Waals surface area contributed by atoms with Crippen LogP contribution in [0, 0.1) is 6.92 Å². The van der Waals surface area contributed by atoms with Crippen molar-refractivity contribution in [2.75, 3.05) is 31.6 Å². The van der Waals surface area contributed by atoms with E-state index in [1.807, 2.05) is 19.1 Å². The fourth-order valence-electron chi connectivity index (χ4n) is 2.76. The van der Waals surface area contributed by atoms with Gasteiger partial charge in [0.2, 0.25) is 10.0 Å². The molecule has 1 amide bonds. The van der Waals surface area contributed by atoms with Crippen molar-refractivity contribution in [3.8, 4) is 0 Å². The standard InChI is InChI=1S/C18H19BrN2O4S/c1-13-12-14(19)6-7-16(13)20-18(22)15-4-2-3-5-17(15)26(23,24)21-8-10-25-11-9-21/h2-7,12H,8-11H2,1H3,(H,20,22). The lowest BCUT2D eigenvalue weighted by molar-refractivity contribution is 0.0730. The third-order valence-corrected chi connectivity index (χ3v) is 6.61. The Morgan fingerprint density at radius 2 is 1.85 bits per heavy atom. The third-order valence-electron chi connectivity index (χ3n) is 4.16. The SMILES string of the molecule is Cc1cc(Br)ccc1NC(=O)c1ccccc1S(=O)(=O)N1CCOCC1. The molecule has 1 heterocycles. The minimum absolute atomic E-state index is 0.00849. The third kappa shape index (κ3) is 3.98. The van der Waals surface area contributed by atoms with E-state index in [4.69, 9.17) is 4.74 Å². The lowest BCUT2D eigenvalue weighted by Crippen LogP contribution is -2.41. The molecule has 0 radical (unpaired) electrons. The predicted molar refractivity (Wildman–Crippen MR) is 103 cm³/mol. The molecule has 138 valence electrons. The highest BCUT2D eigenvalue weighted by Crippen LogP contribution is 2.24. The second-order valence-electron chi connectivity index (χ2n) is 5.93. The predicted octanol–water partition coefficient (Wildman–Crippen LogP) is 3.03. The van der Waals surface area contributed by atoms with Crippen LogP contribution in [0.25, 0.3) is 0 Å². The van der Waals surface area contributed by atoms with E-state index in [0.29, 0.717) is 18.9 Å². The summed E-state index contributed by atoms with van der Waals surface area (Å²) in [4.78, 5) is 12.8. The maximum Gasteiger partial charge on any atom is 0.257 e. The summed E-state index contributed by atoms with van der Waals surface area (Å²) in [5.74, 6) is -0.456. The molecule has 0 atom stereocenters. The van der Waals surface area contributed by atoms with E-state index in [1.54, 1.807) is 18.2 Å². The summed E-state index contributed by atoms with van der Waals surface area (Å²) < 4.78 is 33.4. The van der Waals surface area contributed by atoms with Gasteiger partial charge in [-0.3, -0.25) is 4.79 Å². The van der Waals surface area contributed by atoms with E-state index in [2.05, 4.69) is 21.2 Å². The molecule has 2 aromatic carbocycles. The number of nitrogens with zero attached hydrogens (tertiary/aromatic N) is 1. The largest absolute Gasteiger partial charge is 0.379 e. The molecule has 0 spiro atoms. The van der Waals surface area contributed by atoms with Crippen LogP contribution in [-0.2, 0) is 14.8 Å². The molecule has 0 saturated carbocycles. The van der Waals surface area contributed by atoms with Crippen LogP contribution in [0.2, 0.25) is 0 Å². The quantitative estimate of drug-likeness (QED) is 0.795. The Balaban J connectivity index is 1.92. The van der Waals surface area contributed by atoms with Crippen LogP contribution < -0.4 is 5.32 Å². The van der Waals surface area contributed by atoms with E-state index >= 15 is 0 Å². The number of amides is 1. The maximum atomic E-state index is 13.0. The Hall–Kier alpha value is -1.74. The number of carbonyl (C=O) groups is 1. The van der Waals surface area contributed by atoms with Gasteiger partial charge in [0.15, 0.2) is 0 Å². The summed E-state index contributed by atoms with van der Waals surface area (Å²) >= 11 is 3.38. The molecule has 2 aromatic rings. The first-order valence-electron chi connectivity index (χ1n) is 8.14. The lowest BCUT2D eigenvalue weighted by atomic mass is 10.1. The van der Waals surface area contributed by atoms with Crippen LogP contribution in [0.3, 0.4) is 0 Å². The molecule has 1 aliphatic heterocycles. The molecule has 0 bridgehead atoms. The molecule has 26 heavy (non-hydrogen) atoms. The lowest BCUT2D eigenvalue weighted by Gasteiger charge is -2.26. The van der Waals surface area contributed by atoms with Gasteiger partial charge in [-0.25, -0.2) is 8.42 Å². The maximum absolute atomic E-state index is 13.0. The average molecular weight is 439 g/mol. The van der Waals surface area contributed by atoms with Crippen molar-refractivity contribution >= 4 is 37.5 Å². The minimum atomic E-state index is -3.76.